The number of benzene rings is 2. The number of methoxy groups -OCH3 is 1. The molecule has 3 aromatic rings. The number of ether oxygens (including phenoxy) is 1. The van der Waals surface area contributed by atoms with E-state index in [0.29, 0.717) is 30.9 Å². The van der Waals surface area contributed by atoms with Gasteiger partial charge in [0.2, 0.25) is 5.91 Å². The Morgan fingerprint density at radius 1 is 1.06 bits per heavy atom. The summed E-state index contributed by atoms with van der Waals surface area (Å²) in [4.78, 5) is 30.9. The Bertz CT molecular complexity index is 1070. The van der Waals surface area contributed by atoms with Gasteiger partial charge in [0, 0.05) is 17.5 Å². The first-order valence-corrected chi connectivity index (χ1v) is 12.0. The lowest BCUT2D eigenvalue weighted by molar-refractivity contribution is -0.133. The highest BCUT2D eigenvalue weighted by Gasteiger charge is 2.26. The van der Waals surface area contributed by atoms with Gasteiger partial charge in [-0.25, -0.2) is 9.18 Å². The van der Waals surface area contributed by atoms with Crippen molar-refractivity contribution < 1.29 is 18.7 Å². The number of para-hydroxylation sites is 2. The fourth-order valence-corrected chi connectivity index (χ4v) is 4.18. The van der Waals surface area contributed by atoms with Crippen LogP contribution in [0.15, 0.2) is 66.0 Å². The summed E-state index contributed by atoms with van der Waals surface area (Å²) in [6.07, 6.45) is 0.690. The lowest BCUT2D eigenvalue weighted by Gasteiger charge is -2.31. The molecule has 0 fully saturated rings. The van der Waals surface area contributed by atoms with Gasteiger partial charge in [0.1, 0.15) is 18.1 Å². The highest BCUT2D eigenvalue weighted by molar-refractivity contribution is 7.09. The van der Waals surface area contributed by atoms with E-state index in [4.69, 9.17) is 4.74 Å². The van der Waals surface area contributed by atoms with E-state index in [1.807, 2.05) is 43.5 Å². The van der Waals surface area contributed by atoms with Crippen molar-refractivity contribution in [1.82, 2.24) is 9.80 Å². The van der Waals surface area contributed by atoms with Gasteiger partial charge in [-0.1, -0.05) is 37.3 Å². The van der Waals surface area contributed by atoms with E-state index in [-0.39, 0.29) is 30.3 Å². The number of nitrogens with zero attached hydrogens (tertiary/aromatic N) is 2. The van der Waals surface area contributed by atoms with Crippen LogP contribution in [0.2, 0.25) is 0 Å². The molecule has 6 nitrogen and oxygen atoms in total. The van der Waals surface area contributed by atoms with Crippen molar-refractivity contribution in [1.29, 1.82) is 0 Å². The first-order chi connectivity index (χ1) is 16.4. The molecule has 180 valence electrons. The molecule has 0 saturated carbocycles. The average Bonchev–Trinajstić information content (AvgIpc) is 3.36. The normalized spacial score (nSPS) is 11.5. The van der Waals surface area contributed by atoms with Crippen LogP contribution in [0.3, 0.4) is 0 Å². The van der Waals surface area contributed by atoms with Crippen molar-refractivity contribution in [2.24, 2.45) is 0 Å². The topological polar surface area (TPSA) is 61.9 Å². The van der Waals surface area contributed by atoms with Crippen LogP contribution in [0.5, 0.6) is 5.75 Å². The third kappa shape index (κ3) is 6.81. The number of rotatable bonds is 10. The van der Waals surface area contributed by atoms with Crippen LogP contribution < -0.4 is 10.1 Å². The molecule has 0 aliphatic carbocycles. The summed E-state index contributed by atoms with van der Waals surface area (Å²) in [7, 11) is 1.54. The Morgan fingerprint density at radius 3 is 2.44 bits per heavy atom. The van der Waals surface area contributed by atoms with Crippen molar-refractivity contribution in [3.63, 3.8) is 0 Å². The molecule has 0 saturated heterocycles. The number of hydrogen-bond acceptors (Lipinski definition) is 4. The Balaban J connectivity index is 1.79. The Morgan fingerprint density at radius 2 is 1.79 bits per heavy atom. The van der Waals surface area contributed by atoms with E-state index < -0.39 is 0 Å². The third-order valence-corrected chi connectivity index (χ3v) is 6.47. The maximum absolute atomic E-state index is 13.5. The van der Waals surface area contributed by atoms with Gasteiger partial charge >= 0.3 is 6.03 Å². The van der Waals surface area contributed by atoms with E-state index in [2.05, 4.69) is 5.32 Å². The van der Waals surface area contributed by atoms with Gasteiger partial charge < -0.3 is 19.9 Å². The predicted octanol–water partition coefficient (Wildman–Crippen LogP) is 5.76. The molecule has 3 rings (SSSR count). The van der Waals surface area contributed by atoms with Crippen molar-refractivity contribution in [2.75, 3.05) is 19.0 Å². The predicted molar refractivity (Wildman–Crippen MR) is 133 cm³/mol. The Hall–Kier alpha value is -3.39. The number of nitrogens with one attached hydrogen (secondary N) is 1. The van der Waals surface area contributed by atoms with E-state index in [1.165, 1.54) is 12.1 Å². The Kier molecular flexibility index (Phi) is 9.04. The summed E-state index contributed by atoms with van der Waals surface area (Å²) in [5, 5.41) is 4.83. The molecule has 0 bridgehead atoms. The number of halogens is 1. The molecule has 0 aliphatic heterocycles. The number of hydrogen-bond donors (Lipinski definition) is 1. The lowest BCUT2D eigenvalue weighted by atomic mass is 10.2. The number of amides is 3. The summed E-state index contributed by atoms with van der Waals surface area (Å²) in [5.74, 6) is 0.0333. The van der Waals surface area contributed by atoms with Gasteiger partial charge in [0.25, 0.3) is 0 Å². The van der Waals surface area contributed by atoms with E-state index in [9.17, 15) is 14.0 Å². The zero-order valence-electron chi connectivity index (χ0n) is 19.7. The van der Waals surface area contributed by atoms with Crippen LogP contribution in [0, 0.1) is 5.82 Å². The van der Waals surface area contributed by atoms with Crippen molar-refractivity contribution in [3.05, 3.63) is 82.3 Å². The molecular weight excluding hydrogens is 453 g/mol. The second-order valence-electron chi connectivity index (χ2n) is 7.97. The van der Waals surface area contributed by atoms with Crippen LogP contribution >= 0.6 is 11.3 Å². The number of carbonyl (C=O) groups is 2. The number of anilines is 1. The summed E-state index contributed by atoms with van der Waals surface area (Å²) in [6, 6.07) is 16.6. The summed E-state index contributed by atoms with van der Waals surface area (Å²) >= 11 is 1.56. The van der Waals surface area contributed by atoms with Crippen molar-refractivity contribution in [3.8, 4) is 5.75 Å². The molecule has 1 N–H and O–H groups in total. The van der Waals surface area contributed by atoms with E-state index in [1.54, 1.807) is 52.5 Å². The fourth-order valence-electron chi connectivity index (χ4n) is 3.46. The first kappa shape index (κ1) is 25.2. The second-order valence-corrected chi connectivity index (χ2v) is 9.00. The largest absolute Gasteiger partial charge is 0.495 e. The third-order valence-electron chi connectivity index (χ3n) is 5.60. The molecule has 2 aromatic carbocycles. The zero-order valence-corrected chi connectivity index (χ0v) is 20.5. The van der Waals surface area contributed by atoms with Crippen LogP contribution in [0.4, 0.5) is 14.9 Å². The van der Waals surface area contributed by atoms with Gasteiger partial charge in [-0.3, -0.25) is 4.79 Å². The molecule has 1 aromatic heterocycles. The number of carbonyl (C=O) groups excluding carboxylic acids is 2. The van der Waals surface area contributed by atoms with Crippen LogP contribution in [0.1, 0.15) is 30.7 Å². The number of urea groups is 1. The van der Waals surface area contributed by atoms with Crippen molar-refractivity contribution >= 4 is 29.0 Å². The number of thiophene rings is 1. The van der Waals surface area contributed by atoms with Gasteiger partial charge in [-0.15, -0.1) is 11.3 Å². The average molecular weight is 484 g/mol. The quantitative estimate of drug-likeness (QED) is 0.399. The second kappa shape index (κ2) is 12.2. The van der Waals surface area contributed by atoms with Gasteiger partial charge in [0.05, 0.1) is 19.3 Å². The standard InChI is InChI=1S/C26H30FN3O3S/c1-4-19(2)30(26(32)28-23-9-5-6-10-24(23)33-3)18-25(31)29(17-22-8-7-15-34-22)16-20-11-13-21(27)14-12-20/h5-15,19H,4,16-18H2,1-3H3,(H,28,32). The molecule has 1 heterocycles. The molecule has 0 spiro atoms. The lowest BCUT2D eigenvalue weighted by Crippen LogP contribution is -2.47. The molecule has 0 aliphatic rings. The highest BCUT2D eigenvalue weighted by Crippen LogP contribution is 2.24. The van der Waals surface area contributed by atoms with E-state index >= 15 is 0 Å². The molecule has 34 heavy (non-hydrogen) atoms. The van der Waals surface area contributed by atoms with E-state index in [0.717, 1.165) is 10.4 Å². The molecule has 3 amide bonds. The summed E-state index contributed by atoms with van der Waals surface area (Å²) in [5.41, 5.74) is 1.36. The molecule has 1 atom stereocenters. The van der Waals surface area contributed by atoms with Gasteiger partial charge in [0.15, 0.2) is 0 Å². The van der Waals surface area contributed by atoms with Crippen LogP contribution in [-0.4, -0.2) is 41.4 Å². The molecule has 8 heteroatoms. The smallest absolute Gasteiger partial charge is 0.322 e. The molecule has 0 radical (unpaired) electrons. The highest BCUT2D eigenvalue weighted by atomic mass is 32.1. The Labute approximate surface area is 204 Å². The SMILES string of the molecule is CCC(C)N(CC(=O)N(Cc1ccc(F)cc1)Cc1cccs1)C(=O)Nc1ccccc1OC. The van der Waals surface area contributed by atoms with Crippen LogP contribution in [0.25, 0.3) is 0 Å². The summed E-state index contributed by atoms with van der Waals surface area (Å²) < 4.78 is 18.7. The zero-order chi connectivity index (χ0) is 24.5. The fraction of sp³-hybridized carbons (Fsp3) is 0.308. The monoisotopic (exact) mass is 483 g/mol. The minimum Gasteiger partial charge on any atom is -0.495 e. The van der Waals surface area contributed by atoms with Crippen molar-refractivity contribution in [2.45, 2.75) is 39.4 Å². The minimum atomic E-state index is -0.370. The maximum atomic E-state index is 13.5. The molecular formula is C26H30FN3O3S. The van der Waals surface area contributed by atoms with Gasteiger partial charge in [-0.05, 0) is 54.6 Å². The minimum absolute atomic E-state index is 0.0808. The first-order valence-electron chi connectivity index (χ1n) is 11.2. The van der Waals surface area contributed by atoms with Gasteiger partial charge in [-0.2, -0.15) is 0 Å². The molecule has 1 unspecified atom stereocenters. The summed E-state index contributed by atoms with van der Waals surface area (Å²) in [6.45, 7) is 4.54. The van der Waals surface area contributed by atoms with Crippen LogP contribution in [-0.2, 0) is 17.9 Å². The maximum Gasteiger partial charge on any atom is 0.322 e.